The van der Waals surface area contributed by atoms with Crippen molar-refractivity contribution >= 4 is 22.4 Å². The van der Waals surface area contributed by atoms with E-state index in [4.69, 9.17) is 10.5 Å². The molecule has 0 radical (unpaired) electrons. The average Bonchev–Trinajstić information content (AvgIpc) is 3.11. The van der Waals surface area contributed by atoms with Crippen molar-refractivity contribution in [2.75, 3.05) is 12.4 Å². The van der Waals surface area contributed by atoms with Crippen LogP contribution in [0.15, 0.2) is 54.6 Å². The number of anilines is 1. The van der Waals surface area contributed by atoms with Crippen molar-refractivity contribution in [3.8, 4) is 16.3 Å². The Balaban J connectivity index is 1.65. The average molecular weight is 354 g/mol. The Morgan fingerprint density at radius 3 is 2.76 bits per heavy atom. The number of carbonyl (C=O) groups is 1. The molecule has 1 amide bonds. The molecule has 3 aromatic rings. The standard InChI is InChI=1S/C18H18N4O2S/c1-24-14-9-5-8-13(11-14)17-21-22-18(25-17)20-16(23)15(19)10-12-6-3-2-4-7-12/h2-9,11,15H,10,19H2,1H3,(H,20,22,23). The first-order chi connectivity index (χ1) is 12.2. The molecule has 128 valence electrons. The summed E-state index contributed by atoms with van der Waals surface area (Å²) in [7, 11) is 1.61. The van der Waals surface area contributed by atoms with Gasteiger partial charge >= 0.3 is 0 Å². The van der Waals surface area contributed by atoms with Gasteiger partial charge in [-0.15, -0.1) is 10.2 Å². The molecule has 1 unspecified atom stereocenters. The van der Waals surface area contributed by atoms with E-state index in [1.54, 1.807) is 7.11 Å². The van der Waals surface area contributed by atoms with E-state index in [1.807, 2.05) is 54.6 Å². The summed E-state index contributed by atoms with van der Waals surface area (Å²) in [5.74, 6) is 0.459. The molecule has 0 aliphatic carbocycles. The molecule has 25 heavy (non-hydrogen) atoms. The SMILES string of the molecule is COc1cccc(-c2nnc(NC(=O)C(N)Cc3ccccc3)s2)c1. The zero-order valence-corrected chi connectivity index (χ0v) is 14.5. The number of ether oxygens (including phenoxy) is 1. The molecule has 0 aliphatic rings. The fourth-order valence-electron chi connectivity index (χ4n) is 2.31. The molecule has 0 saturated carbocycles. The van der Waals surface area contributed by atoms with Gasteiger partial charge in [-0.25, -0.2) is 0 Å². The summed E-state index contributed by atoms with van der Waals surface area (Å²) < 4.78 is 5.21. The number of benzene rings is 2. The Labute approximate surface area is 149 Å². The second-order valence-corrected chi connectivity index (χ2v) is 6.41. The number of aromatic nitrogens is 2. The maximum Gasteiger partial charge on any atom is 0.243 e. The molecule has 0 saturated heterocycles. The first-order valence-electron chi connectivity index (χ1n) is 7.74. The molecule has 0 spiro atoms. The highest BCUT2D eigenvalue weighted by atomic mass is 32.1. The second kappa shape index (κ2) is 7.87. The van der Waals surface area contributed by atoms with Crippen molar-refractivity contribution in [3.05, 3.63) is 60.2 Å². The third kappa shape index (κ3) is 4.40. The van der Waals surface area contributed by atoms with Crippen LogP contribution in [0.5, 0.6) is 5.75 Å². The second-order valence-electron chi connectivity index (χ2n) is 5.43. The maximum atomic E-state index is 12.2. The minimum Gasteiger partial charge on any atom is -0.497 e. The predicted octanol–water partition coefficient (Wildman–Crippen LogP) is 2.72. The smallest absolute Gasteiger partial charge is 0.243 e. The van der Waals surface area contributed by atoms with E-state index in [-0.39, 0.29) is 5.91 Å². The van der Waals surface area contributed by atoms with Crippen LogP contribution in [-0.4, -0.2) is 29.3 Å². The molecule has 3 N–H and O–H groups in total. The van der Waals surface area contributed by atoms with Gasteiger partial charge < -0.3 is 10.5 Å². The van der Waals surface area contributed by atoms with Crippen LogP contribution in [0.3, 0.4) is 0 Å². The molecule has 0 bridgehead atoms. The van der Waals surface area contributed by atoms with Gasteiger partial charge in [-0.2, -0.15) is 0 Å². The van der Waals surface area contributed by atoms with Crippen molar-refractivity contribution in [1.82, 2.24) is 10.2 Å². The van der Waals surface area contributed by atoms with Crippen LogP contribution in [0.4, 0.5) is 5.13 Å². The van der Waals surface area contributed by atoms with Crippen LogP contribution in [0, 0.1) is 0 Å². The molecule has 1 aromatic heterocycles. The first-order valence-corrected chi connectivity index (χ1v) is 8.55. The number of amides is 1. The van der Waals surface area contributed by atoms with E-state index in [0.717, 1.165) is 16.9 Å². The molecule has 2 aromatic carbocycles. The number of nitrogens with zero attached hydrogens (tertiary/aromatic N) is 2. The molecule has 6 nitrogen and oxygen atoms in total. The lowest BCUT2D eigenvalue weighted by molar-refractivity contribution is -0.117. The fourth-order valence-corrected chi connectivity index (χ4v) is 3.05. The van der Waals surface area contributed by atoms with Crippen molar-refractivity contribution in [2.24, 2.45) is 5.73 Å². The topological polar surface area (TPSA) is 90.1 Å². The number of methoxy groups -OCH3 is 1. The van der Waals surface area contributed by atoms with Gasteiger partial charge in [-0.1, -0.05) is 53.8 Å². The Kier molecular flexibility index (Phi) is 5.37. The van der Waals surface area contributed by atoms with E-state index in [9.17, 15) is 4.79 Å². The molecule has 3 rings (SSSR count). The van der Waals surface area contributed by atoms with Crippen LogP contribution >= 0.6 is 11.3 Å². The lowest BCUT2D eigenvalue weighted by atomic mass is 10.1. The minimum atomic E-state index is -0.647. The van der Waals surface area contributed by atoms with E-state index >= 15 is 0 Å². The van der Waals surface area contributed by atoms with Gasteiger partial charge in [0.2, 0.25) is 11.0 Å². The summed E-state index contributed by atoms with van der Waals surface area (Å²) in [6, 6.07) is 16.5. The summed E-state index contributed by atoms with van der Waals surface area (Å²) >= 11 is 1.29. The third-order valence-electron chi connectivity index (χ3n) is 3.61. The number of hydrogen-bond acceptors (Lipinski definition) is 6. The summed E-state index contributed by atoms with van der Waals surface area (Å²) in [5, 5.41) is 12.0. The third-order valence-corrected chi connectivity index (χ3v) is 4.49. The first kappa shape index (κ1) is 17.1. The summed E-state index contributed by atoms with van der Waals surface area (Å²) in [6.07, 6.45) is 0.466. The Morgan fingerprint density at radius 1 is 1.20 bits per heavy atom. The molecule has 1 atom stereocenters. The Bertz CT molecular complexity index is 851. The number of nitrogens with one attached hydrogen (secondary N) is 1. The van der Waals surface area contributed by atoms with Gasteiger partial charge in [-0.3, -0.25) is 10.1 Å². The van der Waals surface area contributed by atoms with Crippen molar-refractivity contribution in [3.63, 3.8) is 0 Å². The van der Waals surface area contributed by atoms with Gasteiger partial charge in [0.25, 0.3) is 0 Å². The van der Waals surface area contributed by atoms with Gasteiger partial charge in [0.15, 0.2) is 0 Å². The molecule has 1 heterocycles. The van der Waals surface area contributed by atoms with E-state index in [0.29, 0.717) is 16.6 Å². The fraction of sp³-hybridized carbons (Fsp3) is 0.167. The van der Waals surface area contributed by atoms with E-state index in [1.165, 1.54) is 11.3 Å². The van der Waals surface area contributed by atoms with Crippen molar-refractivity contribution in [1.29, 1.82) is 0 Å². The van der Waals surface area contributed by atoms with Crippen molar-refractivity contribution in [2.45, 2.75) is 12.5 Å². The number of hydrogen-bond donors (Lipinski definition) is 2. The predicted molar refractivity (Wildman–Crippen MR) is 98.6 cm³/mol. The van der Waals surface area contributed by atoms with Crippen molar-refractivity contribution < 1.29 is 9.53 Å². The molecular weight excluding hydrogens is 336 g/mol. The van der Waals surface area contributed by atoms with E-state index < -0.39 is 6.04 Å². The summed E-state index contributed by atoms with van der Waals surface area (Å²) in [6.45, 7) is 0. The largest absolute Gasteiger partial charge is 0.497 e. The lowest BCUT2D eigenvalue weighted by Crippen LogP contribution is -2.37. The molecule has 0 aliphatic heterocycles. The van der Waals surface area contributed by atoms with Gasteiger partial charge in [0, 0.05) is 5.56 Å². The maximum absolute atomic E-state index is 12.2. The summed E-state index contributed by atoms with van der Waals surface area (Å²) in [4.78, 5) is 12.2. The normalized spacial score (nSPS) is 11.8. The number of nitrogens with two attached hydrogens (primary N) is 1. The lowest BCUT2D eigenvalue weighted by Gasteiger charge is -2.10. The molecule has 7 heteroatoms. The summed E-state index contributed by atoms with van der Waals surface area (Å²) in [5.41, 5.74) is 7.87. The zero-order chi connectivity index (χ0) is 17.6. The van der Waals surface area contributed by atoms with Crippen LogP contribution in [0.1, 0.15) is 5.56 Å². The Hall–Kier alpha value is -2.77. The highest BCUT2D eigenvalue weighted by Crippen LogP contribution is 2.28. The monoisotopic (exact) mass is 354 g/mol. The van der Waals surface area contributed by atoms with Gasteiger partial charge in [0.1, 0.15) is 10.8 Å². The molecule has 0 fully saturated rings. The minimum absolute atomic E-state index is 0.280. The highest BCUT2D eigenvalue weighted by Gasteiger charge is 2.16. The van der Waals surface area contributed by atoms with Crippen LogP contribution in [-0.2, 0) is 11.2 Å². The Morgan fingerprint density at radius 2 is 2.00 bits per heavy atom. The molecular formula is C18H18N4O2S. The number of rotatable bonds is 6. The quantitative estimate of drug-likeness (QED) is 0.710. The van der Waals surface area contributed by atoms with Crippen LogP contribution < -0.4 is 15.8 Å². The number of carbonyl (C=O) groups excluding carboxylic acids is 1. The van der Waals surface area contributed by atoms with E-state index in [2.05, 4.69) is 15.5 Å². The van der Waals surface area contributed by atoms with Gasteiger partial charge in [0.05, 0.1) is 13.2 Å². The zero-order valence-electron chi connectivity index (χ0n) is 13.7. The van der Waals surface area contributed by atoms with Gasteiger partial charge in [-0.05, 0) is 24.1 Å². The van der Waals surface area contributed by atoms with Crippen LogP contribution in [0.2, 0.25) is 0 Å². The highest BCUT2D eigenvalue weighted by molar-refractivity contribution is 7.18. The van der Waals surface area contributed by atoms with Crippen LogP contribution in [0.25, 0.3) is 10.6 Å².